The zero-order valence-corrected chi connectivity index (χ0v) is 13.5. The van der Waals surface area contributed by atoms with E-state index < -0.39 is 0 Å². The molecule has 0 spiro atoms. The second-order valence-corrected chi connectivity index (χ2v) is 7.17. The van der Waals surface area contributed by atoms with Crippen molar-refractivity contribution in [3.8, 4) is 6.07 Å². The van der Waals surface area contributed by atoms with Gasteiger partial charge < -0.3 is 0 Å². The first-order valence-electron chi connectivity index (χ1n) is 8.51. The van der Waals surface area contributed by atoms with Gasteiger partial charge in [0.25, 0.3) is 0 Å². The number of rotatable bonds is 10. The van der Waals surface area contributed by atoms with Crippen LogP contribution in [-0.4, -0.2) is 36.1 Å². The van der Waals surface area contributed by atoms with E-state index in [1.54, 1.807) is 0 Å². The van der Waals surface area contributed by atoms with Gasteiger partial charge in [0.1, 0.15) is 5.54 Å². The molecule has 0 bridgehead atoms. The van der Waals surface area contributed by atoms with Crippen molar-refractivity contribution in [3.05, 3.63) is 0 Å². The lowest BCUT2D eigenvalue weighted by Gasteiger charge is -2.35. The minimum Gasteiger partial charge on any atom is -0.298 e. The van der Waals surface area contributed by atoms with Crippen LogP contribution in [0.5, 0.6) is 0 Å². The molecule has 0 heterocycles. The zero-order valence-electron chi connectivity index (χ0n) is 13.5. The van der Waals surface area contributed by atoms with E-state index in [9.17, 15) is 5.26 Å². The molecule has 0 aliphatic heterocycles. The van der Waals surface area contributed by atoms with Gasteiger partial charge in [0, 0.05) is 12.6 Å². The van der Waals surface area contributed by atoms with Crippen LogP contribution >= 0.6 is 0 Å². The van der Waals surface area contributed by atoms with Gasteiger partial charge in [0.2, 0.25) is 0 Å². The van der Waals surface area contributed by atoms with E-state index in [1.165, 1.54) is 32.1 Å². The fourth-order valence-corrected chi connectivity index (χ4v) is 2.99. The first-order chi connectivity index (χ1) is 9.61. The van der Waals surface area contributed by atoms with Gasteiger partial charge in [0.15, 0.2) is 0 Å². The third-order valence-electron chi connectivity index (χ3n) is 4.67. The number of nitrogens with one attached hydrogen (secondary N) is 1. The van der Waals surface area contributed by atoms with Gasteiger partial charge in [-0.05, 0) is 63.5 Å². The normalized spacial score (nSPS) is 22.0. The molecular weight excluding hydrogens is 246 g/mol. The van der Waals surface area contributed by atoms with Crippen molar-refractivity contribution in [2.45, 2.75) is 70.9 Å². The van der Waals surface area contributed by atoms with E-state index in [4.69, 9.17) is 0 Å². The average molecular weight is 277 g/mol. The van der Waals surface area contributed by atoms with Crippen molar-refractivity contribution in [1.29, 1.82) is 5.26 Å². The quantitative estimate of drug-likeness (QED) is 0.666. The molecule has 0 aromatic carbocycles. The summed E-state index contributed by atoms with van der Waals surface area (Å²) in [5, 5.41) is 13.4. The Hall–Kier alpha value is -0.590. The number of hydrogen-bond acceptors (Lipinski definition) is 3. The SMILES string of the molecule is CCCNC(C#N)(CN(CCC(C)C)C1CC1)C1CC1. The Morgan fingerprint density at radius 3 is 2.45 bits per heavy atom. The Bertz CT molecular complexity index is 339. The van der Waals surface area contributed by atoms with Crippen molar-refractivity contribution in [3.63, 3.8) is 0 Å². The molecule has 3 heteroatoms. The second-order valence-electron chi connectivity index (χ2n) is 7.17. The fourth-order valence-electron chi connectivity index (χ4n) is 2.99. The summed E-state index contributed by atoms with van der Waals surface area (Å²) in [6.07, 6.45) is 7.47. The molecule has 2 aliphatic carbocycles. The van der Waals surface area contributed by atoms with Crippen LogP contribution in [0, 0.1) is 23.2 Å². The summed E-state index contributed by atoms with van der Waals surface area (Å²) in [6.45, 7) is 9.82. The van der Waals surface area contributed by atoms with Gasteiger partial charge in [-0.25, -0.2) is 0 Å². The maximum absolute atomic E-state index is 9.80. The highest BCUT2D eigenvalue weighted by molar-refractivity contribution is 5.17. The third-order valence-corrected chi connectivity index (χ3v) is 4.67. The molecule has 3 nitrogen and oxygen atoms in total. The Kier molecular flexibility index (Phi) is 5.46. The van der Waals surface area contributed by atoms with Gasteiger partial charge in [-0.1, -0.05) is 20.8 Å². The lowest BCUT2D eigenvalue weighted by atomic mass is 9.93. The molecule has 0 amide bonds. The molecule has 1 N–H and O–H groups in total. The van der Waals surface area contributed by atoms with E-state index >= 15 is 0 Å². The molecule has 2 rings (SSSR count). The molecule has 1 atom stereocenters. The number of nitrogens with zero attached hydrogens (tertiary/aromatic N) is 2. The Morgan fingerprint density at radius 2 is 2.00 bits per heavy atom. The van der Waals surface area contributed by atoms with Gasteiger partial charge in [-0.2, -0.15) is 5.26 Å². The first kappa shape index (κ1) is 15.8. The van der Waals surface area contributed by atoms with Gasteiger partial charge >= 0.3 is 0 Å². The van der Waals surface area contributed by atoms with Crippen molar-refractivity contribution >= 4 is 0 Å². The molecule has 20 heavy (non-hydrogen) atoms. The summed E-state index contributed by atoms with van der Waals surface area (Å²) in [7, 11) is 0. The van der Waals surface area contributed by atoms with Crippen LogP contribution < -0.4 is 5.32 Å². The van der Waals surface area contributed by atoms with Crippen molar-refractivity contribution in [1.82, 2.24) is 10.2 Å². The molecule has 0 radical (unpaired) electrons. The maximum Gasteiger partial charge on any atom is 0.122 e. The summed E-state index contributed by atoms with van der Waals surface area (Å²) < 4.78 is 0. The molecule has 0 aromatic heterocycles. The molecule has 0 aromatic rings. The molecule has 2 aliphatic rings. The average Bonchev–Trinajstić information content (AvgIpc) is 3.29. The zero-order chi connectivity index (χ0) is 14.6. The van der Waals surface area contributed by atoms with Crippen molar-refractivity contribution < 1.29 is 0 Å². The molecule has 2 fully saturated rings. The smallest absolute Gasteiger partial charge is 0.122 e. The Labute approximate surface area is 124 Å². The van der Waals surface area contributed by atoms with Crippen LogP contribution in [0.15, 0.2) is 0 Å². The Morgan fingerprint density at radius 1 is 1.30 bits per heavy atom. The number of nitriles is 1. The van der Waals surface area contributed by atoms with Crippen LogP contribution in [0.1, 0.15) is 59.3 Å². The van der Waals surface area contributed by atoms with Gasteiger partial charge in [-0.15, -0.1) is 0 Å². The van der Waals surface area contributed by atoms with Crippen LogP contribution in [0.4, 0.5) is 0 Å². The molecule has 1 unspecified atom stereocenters. The summed E-state index contributed by atoms with van der Waals surface area (Å²) in [5.41, 5.74) is -0.282. The van der Waals surface area contributed by atoms with Gasteiger partial charge in [-0.3, -0.25) is 10.2 Å². The van der Waals surface area contributed by atoms with Crippen LogP contribution in [0.2, 0.25) is 0 Å². The highest BCUT2D eigenvalue weighted by Gasteiger charge is 2.47. The summed E-state index contributed by atoms with van der Waals surface area (Å²) in [5.74, 6) is 1.33. The van der Waals surface area contributed by atoms with E-state index in [1.807, 2.05) is 0 Å². The minimum absolute atomic E-state index is 0.282. The third kappa shape index (κ3) is 4.20. The number of hydrogen-bond donors (Lipinski definition) is 1. The summed E-state index contributed by atoms with van der Waals surface area (Å²) in [4.78, 5) is 2.60. The molecule has 2 saturated carbocycles. The highest BCUT2D eigenvalue weighted by Crippen LogP contribution is 2.41. The standard InChI is InChI=1S/C17H31N3/c1-4-10-19-17(12-18,15-5-6-15)13-20(16-7-8-16)11-9-14(2)3/h14-16,19H,4-11,13H2,1-3H3. The second kappa shape index (κ2) is 6.91. The van der Waals surface area contributed by atoms with Crippen molar-refractivity contribution in [2.24, 2.45) is 11.8 Å². The predicted molar refractivity (Wildman–Crippen MR) is 83.4 cm³/mol. The highest BCUT2D eigenvalue weighted by atomic mass is 15.2. The first-order valence-corrected chi connectivity index (χ1v) is 8.51. The minimum atomic E-state index is -0.282. The molecule has 114 valence electrons. The molecule has 0 saturated heterocycles. The van der Waals surface area contributed by atoms with E-state index in [2.05, 4.69) is 37.1 Å². The van der Waals surface area contributed by atoms with Crippen LogP contribution in [0.25, 0.3) is 0 Å². The lowest BCUT2D eigenvalue weighted by Crippen LogP contribution is -2.55. The van der Waals surface area contributed by atoms with E-state index in [-0.39, 0.29) is 5.54 Å². The van der Waals surface area contributed by atoms with Crippen LogP contribution in [-0.2, 0) is 0 Å². The monoisotopic (exact) mass is 277 g/mol. The summed E-state index contributed by atoms with van der Waals surface area (Å²) in [6, 6.07) is 3.41. The van der Waals surface area contributed by atoms with E-state index in [0.29, 0.717) is 5.92 Å². The van der Waals surface area contributed by atoms with Crippen LogP contribution in [0.3, 0.4) is 0 Å². The largest absolute Gasteiger partial charge is 0.298 e. The van der Waals surface area contributed by atoms with Gasteiger partial charge in [0.05, 0.1) is 6.07 Å². The predicted octanol–water partition coefficient (Wildman–Crippen LogP) is 3.17. The maximum atomic E-state index is 9.80. The Balaban J connectivity index is 1.98. The topological polar surface area (TPSA) is 39.1 Å². The lowest BCUT2D eigenvalue weighted by molar-refractivity contribution is 0.180. The molecular formula is C17H31N3. The van der Waals surface area contributed by atoms with E-state index in [0.717, 1.165) is 38.0 Å². The summed E-state index contributed by atoms with van der Waals surface area (Å²) >= 11 is 0. The van der Waals surface area contributed by atoms with Crippen molar-refractivity contribution in [2.75, 3.05) is 19.6 Å². The fraction of sp³-hybridized carbons (Fsp3) is 0.941.